The van der Waals surface area contributed by atoms with Crippen LogP contribution in [0.3, 0.4) is 0 Å². The lowest BCUT2D eigenvalue weighted by molar-refractivity contribution is 0.470. The van der Waals surface area contributed by atoms with Crippen molar-refractivity contribution in [2.45, 2.75) is 12.8 Å². The summed E-state index contributed by atoms with van der Waals surface area (Å²) in [6.45, 7) is 1.02. The summed E-state index contributed by atoms with van der Waals surface area (Å²) in [5.74, 6) is 0. The average molecular weight is 115 g/mol. The Hall–Kier alpha value is -0.500. The van der Waals surface area contributed by atoms with Crippen molar-refractivity contribution in [2.75, 3.05) is 13.6 Å². The third-order valence-corrected chi connectivity index (χ3v) is 0.903. The van der Waals surface area contributed by atoms with Crippen molar-refractivity contribution < 1.29 is 5.11 Å². The molecule has 0 saturated carbocycles. The number of hydrogen-bond acceptors (Lipinski definition) is 2. The normalized spacial score (nSPS) is 10.6. The first-order valence-corrected chi connectivity index (χ1v) is 2.85. The quantitative estimate of drug-likeness (QED) is 0.424. The smallest absolute Gasteiger partial charge is 0.0751 e. The van der Waals surface area contributed by atoms with Gasteiger partial charge in [0.25, 0.3) is 0 Å². The number of hydrogen-bond donors (Lipinski definition) is 2. The molecule has 0 radical (unpaired) electrons. The molecule has 0 rings (SSSR count). The van der Waals surface area contributed by atoms with E-state index in [2.05, 4.69) is 5.32 Å². The van der Waals surface area contributed by atoms with E-state index in [0.29, 0.717) is 0 Å². The molecule has 0 aliphatic carbocycles. The van der Waals surface area contributed by atoms with Crippen LogP contribution < -0.4 is 5.32 Å². The molecule has 0 aliphatic rings. The number of aliphatic hydroxyl groups is 1. The molecular formula is C6H13NO. The molecule has 0 atom stereocenters. The first kappa shape index (κ1) is 7.50. The van der Waals surface area contributed by atoms with Crippen molar-refractivity contribution in [2.24, 2.45) is 0 Å². The van der Waals surface area contributed by atoms with Crippen molar-refractivity contribution in [1.82, 2.24) is 5.32 Å². The Balaban J connectivity index is 2.72. The third-order valence-electron chi connectivity index (χ3n) is 0.903. The summed E-state index contributed by atoms with van der Waals surface area (Å²) in [5.41, 5.74) is 0. The van der Waals surface area contributed by atoms with E-state index >= 15 is 0 Å². The van der Waals surface area contributed by atoms with Crippen LogP contribution in [0.1, 0.15) is 12.8 Å². The van der Waals surface area contributed by atoms with Crippen LogP contribution >= 0.6 is 0 Å². The van der Waals surface area contributed by atoms with Crippen LogP contribution in [0, 0.1) is 0 Å². The fourth-order valence-corrected chi connectivity index (χ4v) is 0.471. The minimum atomic E-state index is 0.956. The fraction of sp³-hybridized carbons (Fsp3) is 0.667. The highest BCUT2D eigenvalue weighted by molar-refractivity contribution is 4.70. The van der Waals surface area contributed by atoms with E-state index in [4.69, 9.17) is 5.11 Å². The van der Waals surface area contributed by atoms with Gasteiger partial charge in [-0.1, -0.05) is 6.08 Å². The van der Waals surface area contributed by atoms with Gasteiger partial charge in [-0.3, -0.25) is 0 Å². The minimum Gasteiger partial charge on any atom is -0.516 e. The topological polar surface area (TPSA) is 32.3 Å². The first-order valence-electron chi connectivity index (χ1n) is 2.85. The predicted octanol–water partition coefficient (Wildman–Crippen LogP) is 1.06. The van der Waals surface area contributed by atoms with Gasteiger partial charge in [0.05, 0.1) is 6.26 Å². The Morgan fingerprint density at radius 2 is 2.38 bits per heavy atom. The van der Waals surface area contributed by atoms with Crippen molar-refractivity contribution >= 4 is 0 Å². The summed E-state index contributed by atoms with van der Waals surface area (Å²) in [5, 5.41) is 11.2. The second-order valence-corrected chi connectivity index (χ2v) is 1.63. The maximum absolute atomic E-state index is 8.16. The monoisotopic (exact) mass is 115 g/mol. The minimum absolute atomic E-state index is 0.956. The predicted molar refractivity (Wildman–Crippen MR) is 34.9 cm³/mol. The van der Waals surface area contributed by atoms with Gasteiger partial charge in [-0.25, -0.2) is 0 Å². The van der Waals surface area contributed by atoms with Crippen LogP contribution in [0.2, 0.25) is 0 Å². The van der Waals surface area contributed by atoms with Crippen LogP contribution in [0.5, 0.6) is 0 Å². The molecule has 0 aliphatic heterocycles. The van der Waals surface area contributed by atoms with Crippen molar-refractivity contribution in [3.05, 3.63) is 12.3 Å². The molecule has 0 unspecified atom stereocenters. The summed E-state index contributed by atoms with van der Waals surface area (Å²) in [6.07, 6.45) is 4.89. The van der Waals surface area contributed by atoms with E-state index in [1.54, 1.807) is 6.08 Å². The summed E-state index contributed by atoms with van der Waals surface area (Å²) >= 11 is 0. The highest BCUT2D eigenvalue weighted by Gasteiger charge is 1.77. The lowest BCUT2D eigenvalue weighted by Gasteiger charge is -1.91. The third kappa shape index (κ3) is 5.50. The molecule has 2 nitrogen and oxygen atoms in total. The Bertz CT molecular complexity index is 61.5. The molecular weight excluding hydrogens is 102 g/mol. The molecule has 0 spiro atoms. The molecule has 0 amide bonds. The summed E-state index contributed by atoms with van der Waals surface area (Å²) in [4.78, 5) is 0. The van der Waals surface area contributed by atoms with E-state index in [1.165, 1.54) is 0 Å². The van der Waals surface area contributed by atoms with Crippen molar-refractivity contribution in [3.8, 4) is 0 Å². The van der Waals surface area contributed by atoms with Crippen LogP contribution in [0.4, 0.5) is 0 Å². The van der Waals surface area contributed by atoms with Crippen molar-refractivity contribution in [1.29, 1.82) is 0 Å². The Morgan fingerprint density at radius 3 is 2.88 bits per heavy atom. The van der Waals surface area contributed by atoms with Gasteiger partial charge in [-0.2, -0.15) is 0 Å². The number of allylic oxidation sites excluding steroid dienone is 1. The molecule has 2 heteroatoms. The Kier molecular flexibility index (Phi) is 6.09. The molecule has 0 heterocycles. The highest BCUT2D eigenvalue weighted by atomic mass is 16.2. The molecule has 0 aromatic rings. The number of nitrogens with one attached hydrogen (secondary N) is 1. The van der Waals surface area contributed by atoms with Crippen LogP contribution in [0.25, 0.3) is 0 Å². The van der Waals surface area contributed by atoms with Gasteiger partial charge in [-0.05, 0) is 26.4 Å². The first-order chi connectivity index (χ1) is 3.91. The molecule has 0 aromatic carbocycles. The standard InChI is InChI=1S/C6H13NO/c1-7-5-3-2-4-6-8/h4,6-8H,2-3,5H2,1H3. The van der Waals surface area contributed by atoms with Gasteiger partial charge in [-0.15, -0.1) is 0 Å². The zero-order valence-electron chi connectivity index (χ0n) is 5.22. The maximum atomic E-state index is 8.16. The zero-order chi connectivity index (χ0) is 6.24. The van der Waals surface area contributed by atoms with Crippen molar-refractivity contribution in [3.63, 3.8) is 0 Å². The average Bonchev–Trinajstić information content (AvgIpc) is 1.81. The zero-order valence-corrected chi connectivity index (χ0v) is 5.22. The molecule has 8 heavy (non-hydrogen) atoms. The van der Waals surface area contributed by atoms with Gasteiger partial charge in [0, 0.05) is 0 Å². The summed E-state index contributed by atoms with van der Waals surface area (Å²) < 4.78 is 0. The van der Waals surface area contributed by atoms with Crippen LogP contribution in [0.15, 0.2) is 12.3 Å². The molecule has 2 N–H and O–H groups in total. The summed E-state index contributed by atoms with van der Waals surface area (Å²) in [6, 6.07) is 0. The summed E-state index contributed by atoms with van der Waals surface area (Å²) in [7, 11) is 1.92. The number of rotatable bonds is 4. The lowest BCUT2D eigenvalue weighted by atomic mass is 10.3. The van der Waals surface area contributed by atoms with Gasteiger partial charge in [0.1, 0.15) is 0 Å². The Labute approximate surface area is 50.2 Å². The van der Waals surface area contributed by atoms with Crippen LogP contribution in [-0.2, 0) is 0 Å². The van der Waals surface area contributed by atoms with Gasteiger partial charge >= 0.3 is 0 Å². The van der Waals surface area contributed by atoms with E-state index in [-0.39, 0.29) is 0 Å². The largest absolute Gasteiger partial charge is 0.516 e. The number of aliphatic hydroxyl groups excluding tert-OH is 1. The van der Waals surface area contributed by atoms with E-state index in [1.807, 2.05) is 7.05 Å². The highest BCUT2D eigenvalue weighted by Crippen LogP contribution is 1.86. The second kappa shape index (κ2) is 6.50. The SMILES string of the molecule is CNCCCC=CO. The van der Waals surface area contributed by atoms with Gasteiger partial charge < -0.3 is 10.4 Å². The molecule has 0 aromatic heterocycles. The molecule has 0 fully saturated rings. The lowest BCUT2D eigenvalue weighted by Crippen LogP contribution is -2.06. The second-order valence-electron chi connectivity index (χ2n) is 1.63. The fourth-order valence-electron chi connectivity index (χ4n) is 0.471. The van der Waals surface area contributed by atoms with Gasteiger partial charge in [0.2, 0.25) is 0 Å². The molecule has 48 valence electrons. The Morgan fingerprint density at radius 1 is 1.62 bits per heavy atom. The van der Waals surface area contributed by atoms with Crippen LogP contribution in [-0.4, -0.2) is 18.7 Å². The van der Waals surface area contributed by atoms with E-state index in [0.717, 1.165) is 25.6 Å². The number of unbranched alkanes of at least 4 members (excludes halogenated alkanes) is 1. The van der Waals surface area contributed by atoms with E-state index < -0.39 is 0 Å². The molecule has 0 bridgehead atoms. The van der Waals surface area contributed by atoms with Gasteiger partial charge in [0.15, 0.2) is 0 Å². The van der Waals surface area contributed by atoms with E-state index in [9.17, 15) is 0 Å². The molecule has 0 saturated heterocycles. The maximum Gasteiger partial charge on any atom is 0.0751 e.